The molecule has 56 valence electrons. The molecule has 0 fully saturated rings. The minimum Gasteiger partial charge on any atom is -0.397 e. The SMILES string of the molecule is Nc1cnc2c(c1)NC(=O)C2. The van der Waals surface area contributed by atoms with Crippen LogP contribution in [0.5, 0.6) is 0 Å². The average Bonchev–Trinajstić information content (AvgIpc) is 2.27. The maximum Gasteiger partial charge on any atom is 0.230 e. The molecule has 0 saturated carbocycles. The highest BCUT2D eigenvalue weighted by Crippen LogP contribution is 2.21. The van der Waals surface area contributed by atoms with Crippen molar-refractivity contribution in [3.63, 3.8) is 0 Å². The molecule has 1 aromatic rings. The van der Waals surface area contributed by atoms with Gasteiger partial charge in [0.25, 0.3) is 0 Å². The number of aromatic nitrogens is 1. The molecule has 2 heterocycles. The van der Waals surface area contributed by atoms with Crippen molar-refractivity contribution in [3.8, 4) is 0 Å². The molecule has 11 heavy (non-hydrogen) atoms. The number of carbonyl (C=O) groups is 1. The summed E-state index contributed by atoms with van der Waals surface area (Å²) in [4.78, 5) is 14.8. The van der Waals surface area contributed by atoms with Gasteiger partial charge in [-0.2, -0.15) is 0 Å². The first-order valence-corrected chi connectivity index (χ1v) is 3.30. The molecule has 0 spiro atoms. The quantitative estimate of drug-likeness (QED) is 0.552. The van der Waals surface area contributed by atoms with Crippen LogP contribution in [0.3, 0.4) is 0 Å². The van der Waals surface area contributed by atoms with Crippen molar-refractivity contribution in [1.82, 2.24) is 4.98 Å². The van der Waals surface area contributed by atoms with Crippen LogP contribution < -0.4 is 11.1 Å². The highest BCUT2D eigenvalue weighted by molar-refractivity contribution is 5.98. The van der Waals surface area contributed by atoms with Gasteiger partial charge in [-0.05, 0) is 6.07 Å². The maximum atomic E-state index is 10.8. The minimum atomic E-state index is -0.0156. The number of hydrogen-bond acceptors (Lipinski definition) is 3. The van der Waals surface area contributed by atoms with E-state index >= 15 is 0 Å². The summed E-state index contributed by atoms with van der Waals surface area (Å²) >= 11 is 0. The maximum absolute atomic E-state index is 10.8. The predicted molar refractivity (Wildman–Crippen MR) is 41.0 cm³/mol. The summed E-state index contributed by atoms with van der Waals surface area (Å²) in [6, 6.07) is 1.72. The minimum absolute atomic E-state index is 0.0156. The summed E-state index contributed by atoms with van der Waals surface area (Å²) in [7, 11) is 0. The topological polar surface area (TPSA) is 68.0 Å². The number of nitrogen functional groups attached to an aromatic ring is 1. The smallest absolute Gasteiger partial charge is 0.230 e. The monoisotopic (exact) mass is 149 g/mol. The third kappa shape index (κ3) is 0.920. The van der Waals surface area contributed by atoms with Gasteiger partial charge in [0.15, 0.2) is 0 Å². The van der Waals surface area contributed by atoms with E-state index in [-0.39, 0.29) is 5.91 Å². The summed E-state index contributed by atoms with van der Waals surface area (Å²) in [5, 5.41) is 2.66. The fourth-order valence-electron chi connectivity index (χ4n) is 1.10. The van der Waals surface area contributed by atoms with E-state index in [0.29, 0.717) is 12.1 Å². The van der Waals surface area contributed by atoms with Gasteiger partial charge in [-0.3, -0.25) is 9.78 Å². The van der Waals surface area contributed by atoms with E-state index in [1.807, 2.05) is 0 Å². The Morgan fingerprint density at radius 2 is 2.45 bits per heavy atom. The van der Waals surface area contributed by atoms with Crippen LogP contribution in [0.1, 0.15) is 5.69 Å². The lowest BCUT2D eigenvalue weighted by Gasteiger charge is -1.96. The molecule has 0 saturated heterocycles. The summed E-state index contributed by atoms with van der Waals surface area (Å²) < 4.78 is 0. The molecule has 4 heteroatoms. The molecule has 0 unspecified atom stereocenters. The molecule has 1 aliphatic rings. The largest absolute Gasteiger partial charge is 0.397 e. The van der Waals surface area contributed by atoms with Gasteiger partial charge in [0.1, 0.15) is 0 Å². The van der Waals surface area contributed by atoms with Gasteiger partial charge in [0, 0.05) is 0 Å². The molecular weight excluding hydrogens is 142 g/mol. The Kier molecular flexibility index (Phi) is 1.09. The van der Waals surface area contributed by atoms with E-state index in [1.54, 1.807) is 12.3 Å². The van der Waals surface area contributed by atoms with E-state index in [2.05, 4.69) is 10.3 Å². The standard InChI is InChI=1S/C7H7N3O/c8-4-1-6-5(9-3-4)2-7(11)10-6/h1,3H,2,8H2,(H,10,11). The van der Waals surface area contributed by atoms with Crippen molar-refractivity contribution >= 4 is 17.3 Å². The van der Waals surface area contributed by atoms with Gasteiger partial charge >= 0.3 is 0 Å². The number of nitrogens with zero attached hydrogens (tertiary/aromatic N) is 1. The molecule has 0 aliphatic carbocycles. The molecule has 3 N–H and O–H groups in total. The first kappa shape index (κ1) is 6.15. The first-order valence-electron chi connectivity index (χ1n) is 3.30. The first-order chi connectivity index (χ1) is 5.25. The number of nitrogens with two attached hydrogens (primary N) is 1. The summed E-state index contributed by atoms with van der Waals surface area (Å²) in [6.07, 6.45) is 1.93. The summed E-state index contributed by atoms with van der Waals surface area (Å²) in [6.45, 7) is 0. The van der Waals surface area contributed by atoms with Crippen LogP contribution in [0.25, 0.3) is 0 Å². The average molecular weight is 149 g/mol. The highest BCUT2D eigenvalue weighted by Gasteiger charge is 2.18. The van der Waals surface area contributed by atoms with Crippen LogP contribution in [0.2, 0.25) is 0 Å². The van der Waals surface area contributed by atoms with Crippen molar-refractivity contribution in [1.29, 1.82) is 0 Å². The van der Waals surface area contributed by atoms with Crippen molar-refractivity contribution in [2.75, 3.05) is 11.1 Å². The second-order valence-corrected chi connectivity index (χ2v) is 2.49. The number of carbonyl (C=O) groups excluding carboxylic acids is 1. The molecule has 0 aromatic carbocycles. The molecule has 2 rings (SSSR count). The second-order valence-electron chi connectivity index (χ2n) is 2.49. The lowest BCUT2D eigenvalue weighted by Crippen LogP contribution is -2.03. The molecular formula is C7H7N3O. The molecule has 0 radical (unpaired) electrons. The van der Waals surface area contributed by atoms with Crippen molar-refractivity contribution in [2.45, 2.75) is 6.42 Å². The molecule has 4 nitrogen and oxygen atoms in total. The normalized spacial score (nSPS) is 14.4. The van der Waals surface area contributed by atoms with E-state index in [4.69, 9.17) is 5.73 Å². The fraction of sp³-hybridized carbons (Fsp3) is 0.143. The van der Waals surface area contributed by atoms with E-state index in [0.717, 1.165) is 11.4 Å². The third-order valence-corrected chi connectivity index (χ3v) is 1.59. The summed E-state index contributed by atoms with van der Waals surface area (Å²) in [5.74, 6) is -0.0156. The molecule has 1 aromatic heterocycles. The van der Waals surface area contributed by atoms with Crippen LogP contribution in [0, 0.1) is 0 Å². The fourth-order valence-corrected chi connectivity index (χ4v) is 1.10. The van der Waals surface area contributed by atoms with Gasteiger partial charge in [0.05, 0.1) is 29.7 Å². The molecule has 0 bridgehead atoms. The Hall–Kier alpha value is -1.58. The van der Waals surface area contributed by atoms with Crippen molar-refractivity contribution in [2.24, 2.45) is 0 Å². The van der Waals surface area contributed by atoms with Crippen LogP contribution in [-0.4, -0.2) is 10.9 Å². The van der Waals surface area contributed by atoms with Gasteiger partial charge < -0.3 is 11.1 Å². The Morgan fingerprint density at radius 3 is 3.27 bits per heavy atom. The number of pyridine rings is 1. The Balaban J connectivity index is 2.51. The number of rotatable bonds is 0. The van der Waals surface area contributed by atoms with Crippen molar-refractivity contribution < 1.29 is 4.79 Å². The second kappa shape index (κ2) is 1.95. The van der Waals surface area contributed by atoms with Gasteiger partial charge in [-0.15, -0.1) is 0 Å². The molecule has 0 atom stereocenters. The van der Waals surface area contributed by atoms with Gasteiger partial charge in [0.2, 0.25) is 5.91 Å². The van der Waals surface area contributed by atoms with Crippen LogP contribution in [0.15, 0.2) is 12.3 Å². The zero-order chi connectivity index (χ0) is 7.84. The van der Waals surface area contributed by atoms with E-state index < -0.39 is 0 Å². The van der Waals surface area contributed by atoms with Crippen LogP contribution >= 0.6 is 0 Å². The lowest BCUT2D eigenvalue weighted by molar-refractivity contribution is -0.115. The lowest BCUT2D eigenvalue weighted by atomic mass is 10.3. The van der Waals surface area contributed by atoms with Gasteiger partial charge in [-0.25, -0.2) is 0 Å². The Bertz CT molecular complexity index is 321. The summed E-state index contributed by atoms with van der Waals surface area (Å²) in [5.41, 5.74) is 7.56. The van der Waals surface area contributed by atoms with Crippen LogP contribution in [0.4, 0.5) is 11.4 Å². The number of nitrogens with one attached hydrogen (secondary N) is 1. The predicted octanol–water partition coefficient (Wildman–Crippen LogP) is 0.158. The number of fused-ring (bicyclic) bond motifs is 1. The van der Waals surface area contributed by atoms with E-state index in [9.17, 15) is 4.79 Å². The highest BCUT2D eigenvalue weighted by atomic mass is 16.1. The Labute approximate surface area is 63.4 Å². The Morgan fingerprint density at radius 1 is 1.64 bits per heavy atom. The molecule has 1 aliphatic heterocycles. The van der Waals surface area contributed by atoms with E-state index in [1.165, 1.54) is 0 Å². The third-order valence-electron chi connectivity index (χ3n) is 1.59. The molecule has 1 amide bonds. The zero-order valence-corrected chi connectivity index (χ0v) is 5.79. The number of amides is 1. The van der Waals surface area contributed by atoms with Gasteiger partial charge in [-0.1, -0.05) is 0 Å². The van der Waals surface area contributed by atoms with Crippen molar-refractivity contribution in [3.05, 3.63) is 18.0 Å². The number of anilines is 2. The van der Waals surface area contributed by atoms with Crippen LogP contribution in [-0.2, 0) is 11.2 Å². The zero-order valence-electron chi connectivity index (χ0n) is 5.79. The number of hydrogen-bond donors (Lipinski definition) is 2.